The quantitative estimate of drug-likeness (QED) is 0.690. The summed E-state index contributed by atoms with van der Waals surface area (Å²) in [6.45, 7) is 8.07. The number of hydrogen-bond donors (Lipinski definition) is 1. The lowest BCUT2D eigenvalue weighted by Crippen LogP contribution is -2.48. The molecule has 2 aromatic carbocycles. The van der Waals surface area contributed by atoms with Gasteiger partial charge >= 0.3 is 0 Å². The highest BCUT2D eigenvalue weighted by Crippen LogP contribution is 2.28. The van der Waals surface area contributed by atoms with Crippen LogP contribution in [-0.4, -0.2) is 54.3 Å². The Labute approximate surface area is 186 Å². The molecule has 1 aliphatic heterocycles. The Kier molecular flexibility index (Phi) is 7.60. The highest BCUT2D eigenvalue weighted by molar-refractivity contribution is 5.79. The summed E-state index contributed by atoms with van der Waals surface area (Å²) in [6, 6.07) is 16.2. The van der Waals surface area contributed by atoms with Crippen molar-refractivity contribution in [2.75, 3.05) is 31.6 Å². The fraction of sp³-hybridized carbons (Fsp3) is 0.500. The first kappa shape index (κ1) is 23.1. The van der Waals surface area contributed by atoms with Gasteiger partial charge in [-0.15, -0.1) is 0 Å². The molecule has 5 heteroatoms. The topological polar surface area (TPSA) is 53.0 Å². The molecule has 0 bridgehead atoms. The van der Waals surface area contributed by atoms with Crippen LogP contribution in [0.1, 0.15) is 44.2 Å². The van der Waals surface area contributed by atoms with Gasteiger partial charge in [0.15, 0.2) is 0 Å². The summed E-state index contributed by atoms with van der Waals surface area (Å²) in [7, 11) is 2.04. The van der Waals surface area contributed by atoms with E-state index in [0.29, 0.717) is 38.8 Å². The summed E-state index contributed by atoms with van der Waals surface area (Å²) in [5, 5.41) is 11.1. The Morgan fingerprint density at radius 3 is 2.45 bits per heavy atom. The number of amides is 1. The molecule has 1 aliphatic rings. The molecule has 0 unspecified atom stereocenters. The number of rotatable bonds is 8. The van der Waals surface area contributed by atoms with Gasteiger partial charge in [0.2, 0.25) is 5.91 Å². The number of anilines is 1. The molecule has 0 aliphatic carbocycles. The van der Waals surface area contributed by atoms with Gasteiger partial charge in [0.25, 0.3) is 0 Å². The second-order valence-corrected chi connectivity index (χ2v) is 9.10. The molecule has 1 N–H and O–H groups in total. The fourth-order valence-electron chi connectivity index (χ4n) is 4.09. The summed E-state index contributed by atoms with van der Waals surface area (Å²) in [5.74, 6) is 1.02. The zero-order valence-corrected chi connectivity index (χ0v) is 19.3. The van der Waals surface area contributed by atoms with Crippen LogP contribution in [-0.2, 0) is 11.2 Å². The minimum Gasteiger partial charge on any atom is -0.491 e. The summed E-state index contributed by atoms with van der Waals surface area (Å²) in [5.41, 5.74) is 2.61. The van der Waals surface area contributed by atoms with Gasteiger partial charge < -0.3 is 19.6 Å². The monoisotopic (exact) mass is 424 g/mol. The second kappa shape index (κ2) is 10.2. The molecule has 3 rings (SSSR count). The van der Waals surface area contributed by atoms with E-state index in [1.54, 1.807) is 0 Å². The maximum Gasteiger partial charge on any atom is 0.226 e. The number of likely N-dealkylation sites (tertiary alicyclic amines) is 1. The lowest BCUT2D eigenvalue weighted by molar-refractivity contribution is -0.134. The maximum absolute atomic E-state index is 12.7. The summed E-state index contributed by atoms with van der Waals surface area (Å²) < 4.78 is 5.70. The van der Waals surface area contributed by atoms with Gasteiger partial charge in [-0.3, -0.25) is 4.79 Å². The van der Waals surface area contributed by atoms with E-state index in [1.807, 2.05) is 75.2 Å². The first-order valence-electron chi connectivity index (χ1n) is 11.3. The molecule has 168 valence electrons. The van der Waals surface area contributed by atoms with E-state index < -0.39 is 5.60 Å². The molecule has 0 radical (unpaired) electrons. The number of hydrogen-bond acceptors (Lipinski definition) is 4. The standard InChI is InChI=1S/C26H36N2O3/c1-20(2)31-24-10-8-23(9-11-24)27(4)15-12-26(30)13-16-28(17-14-26)25(29)19-22-7-5-6-21(3)18-22/h5-11,18,20,30H,12-17,19H2,1-4H3. The van der Waals surface area contributed by atoms with Crippen LogP contribution >= 0.6 is 0 Å². The van der Waals surface area contributed by atoms with Crippen molar-refractivity contribution >= 4 is 11.6 Å². The van der Waals surface area contributed by atoms with Gasteiger partial charge in [-0.25, -0.2) is 0 Å². The zero-order valence-electron chi connectivity index (χ0n) is 19.3. The van der Waals surface area contributed by atoms with Crippen LogP contribution in [0.4, 0.5) is 5.69 Å². The maximum atomic E-state index is 12.7. The number of nitrogens with zero attached hydrogens (tertiary/aromatic N) is 2. The van der Waals surface area contributed by atoms with Gasteiger partial charge in [0, 0.05) is 32.4 Å². The molecule has 1 amide bonds. The number of ether oxygens (including phenoxy) is 1. The van der Waals surface area contributed by atoms with Crippen molar-refractivity contribution in [1.82, 2.24) is 4.90 Å². The SMILES string of the molecule is Cc1cccc(CC(=O)N2CCC(O)(CCN(C)c3ccc(OC(C)C)cc3)CC2)c1. The van der Waals surface area contributed by atoms with E-state index in [9.17, 15) is 9.90 Å². The Bertz CT molecular complexity index is 855. The molecule has 0 saturated carbocycles. The molecule has 1 heterocycles. The predicted molar refractivity (Wildman–Crippen MR) is 126 cm³/mol. The Hall–Kier alpha value is -2.53. The number of benzene rings is 2. The normalized spacial score (nSPS) is 15.7. The highest BCUT2D eigenvalue weighted by atomic mass is 16.5. The molecular weight excluding hydrogens is 388 g/mol. The Morgan fingerprint density at radius 1 is 1.16 bits per heavy atom. The van der Waals surface area contributed by atoms with Crippen molar-refractivity contribution in [2.45, 2.75) is 58.2 Å². The minimum atomic E-state index is -0.713. The third-order valence-electron chi connectivity index (χ3n) is 6.05. The van der Waals surface area contributed by atoms with Gasteiger partial charge in [-0.1, -0.05) is 29.8 Å². The van der Waals surface area contributed by atoms with Crippen molar-refractivity contribution in [3.8, 4) is 5.75 Å². The third kappa shape index (κ3) is 6.73. The lowest BCUT2D eigenvalue weighted by Gasteiger charge is -2.39. The summed E-state index contributed by atoms with van der Waals surface area (Å²) in [4.78, 5) is 16.7. The predicted octanol–water partition coefficient (Wildman–Crippen LogP) is 4.20. The number of piperidine rings is 1. The molecule has 31 heavy (non-hydrogen) atoms. The van der Waals surface area contributed by atoms with Crippen LogP contribution in [0.25, 0.3) is 0 Å². The van der Waals surface area contributed by atoms with E-state index in [-0.39, 0.29) is 12.0 Å². The van der Waals surface area contributed by atoms with Crippen LogP contribution in [0.15, 0.2) is 48.5 Å². The molecule has 0 aromatic heterocycles. The second-order valence-electron chi connectivity index (χ2n) is 9.10. The Balaban J connectivity index is 1.46. The molecule has 2 aromatic rings. The first-order chi connectivity index (χ1) is 14.7. The lowest BCUT2D eigenvalue weighted by atomic mass is 9.87. The van der Waals surface area contributed by atoms with Gasteiger partial charge in [-0.2, -0.15) is 0 Å². The van der Waals surface area contributed by atoms with E-state index in [2.05, 4.69) is 11.0 Å². The van der Waals surface area contributed by atoms with Crippen molar-refractivity contribution in [3.63, 3.8) is 0 Å². The molecule has 5 nitrogen and oxygen atoms in total. The van der Waals surface area contributed by atoms with Gasteiger partial charge in [0.1, 0.15) is 5.75 Å². The third-order valence-corrected chi connectivity index (χ3v) is 6.05. The fourth-order valence-corrected chi connectivity index (χ4v) is 4.09. The number of carbonyl (C=O) groups excluding carboxylic acids is 1. The van der Waals surface area contributed by atoms with Crippen molar-refractivity contribution in [1.29, 1.82) is 0 Å². The molecule has 0 atom stereocenters. The molecule has 1 fully saturated rings. The zero-order chi connectivity index (χ0) is 22.4. The summed E-state index contributed by atoms with van der Waals surface area (Å²) in [6.07, 6.45) is 2.53. The van der Waals surface area contributed by atoms with Crippen LogP contribution in [0.5, 0.6) is 5.75 Å². The average molecular weight is 425 g/mol. The number of aryl methyl sites for hydroxylation is 1. The first-order valence-corrected chi connectivity index (χ1v) is 11.3. The highest BCUT2D eigenvalue weighted by Gasteiger charge is 2.33. The van der Waals surface area contributed by atoms with Gasteiger partial charge in [-0.05, 0) is 69.9 Å². The minimum absolute atomic E-state index is 0.147. The Morgan fingerprint density at radius 2 is 1.84 bits per heavy atom. The molecule has 1 saturated heterocycles. The van der Waals surface area contributed by atoms with E-state index >= 15 is 0 Å². The smallest absolute Gasteiger partial charge is 0.226 e. The van der Waals surface area contributed by atoms with Crippen molar-refractivity contribution in [2.24, 2.45) is 0 Å². The molecular formula is C26H36N2O3. The number of aliphatic hydroxyl groups is 1. The average Bonchev–Trinajstić information content (AvgIpc) is 2.73. The largest absolute Gasteiger partial charge is 0.491 e. The van der Waals surface area contributed by atoms with E-state index in [0.717, 1.165) is 23.5 Å². The van der Waals surface area contributed by atoms with Crippen LogP contribution < -0.4 is 9.64 Å². The number of carbonyl (C=O) groups is 1. The van der Waals surface area contributed by atoms with Gasteiger partial charge in [0.05, 0.1) is 18.1 Å². The van der Waals surface area contributed by atoms with E-state index in [4.69, 9.17) is 4.74 Å². The van der Waals surface area contributed by atoms with Crippen molar-refractivity contribution < 1.29 is 14.6 Å². The molecule has 0 spiro atoms. The van der Waals surface area contributed by atoms with Crippen molar-refractivity contribution in [3.05, 3.63) is 59.7 Å². The van der Waals surface area contributed by atoms with Crippen LogP contribution in [0.3, 0.4) is 0 Å². The van der Waals surface area contributed by atoms with E-state index in [1.165, 1.54) is 5.56 Å². The summed E-state index contributed by atoms with van der Waals surface area (Å²) >= 11 is 0. The van der Waals surface area contributed by atoms with Crippen LogP contribution in [0, 0.1) is 6.92 Å². The van der Waals surface area contributed by atoms with Crippen LogP contribution in [0.2, 0.25) is 0 Å².